The first-order valence-electron chi connectivity index (χ1n) is 7.48. The second-order valence-corrected chi connectivity index (χ2v) is 5.37. The van der Waals surface area contributed by atoms with Gasteiger partial charge in [-0.15, -0.1) is 0 Å². The number of benzene rings is 1. The van der Waals surface area contributed by atoms with Gasteiger partial charge in [0.25, 0.3) is 5.91 Å². The summed E-state index contributed by atoms with van der Waals surface area (Å²) in [4.78, 5) is 34.2. The molecule has 1 aromatic rings. The molecule has 0 atom stereocenters. The van der Waals surface area contributed by atoms with E-state index in [1.54, 1.807) is 0 Å². The molecule has 23 heavy (non-hydrogen) atoms. The van der Waals surface area contributed by atoms with Gasteiger partial charge >= 0.3 is 12.0 Å². The highest BCUT2D eigenvalue weighted by molar-refractivity contribution is 5.95. The predicted octanol–water partition coefficient (Wildman–Crippen LogP) is 1.30. The first-order chi connectivity index (χ1) is 11.0. The van der Waals surface area contributed by atoms with Crippen molar-refractivity contribution in [3.05, 3.63) is 29.8 Å². The van der Waals surface area contributed by atoms with Crippen LogP contribution in [0.5, 0.6) is 5.75 Å². The van der Waals surface area contributed by atoms with Crippen molar-refractivity contribution in [1.29, 1.82) is 0 Å². The van der Waals surface area contributed by atoms with Gasteiger partial charge in [-0.25, -0.2) is 4.79 Å². The molecule has 0 saturated heterocycles. The van der Waals surface area contributed by atoms with Gasteiger partial charge in [0.1, 0.15) is 5.75 Å². The molecule has 1 fully saturated rings. The van der Waals surface area contributed by atoms with E-state index in [9.17, 15) is 14.4 Å². The summed E-state index contributed by atoms with van der Waals surface area (Å²) in [6, 6.07) is 7.04. The molecule has 0 spiro atoms. The number of esters is 1. The Hall–Kier alpha value is -2.57. The van der Waals surface area contributed by atoms with Crippen LogP contribution in [0.25, 0.3) is 0 Å². The Morgan fingerprint density at radius 2 is 1.87 bits per heavy atom. The van der Waals surface area contributed by atoms with Crippen LogP contribution in [-0.4, -0.2) is 37.2 Å². The number of ether oxygens (including phenoxy) is 2. The van der Waals surface area contributed by atoms with Crippen molar-refractivity contribution in [2.75, 3.05) is 13.2 Å². The highest BCUT2D eigenvalue weighted by Gasteiger charge is 2.24. The Morgan fingerprint density at radius 3 is 2.52 bits per heavy atom. The zero-order valence-electron chi connectivity index (χ0n) is 13.0. The van der Waals surface area contributed by atoms with Crippen LogP contribution in [0.4, 0.5) is 4.79 Å². The number of aryl methyl sites for hydroxylation is 1. The molecule has 0 aromatic heterocycles. The van der Waals surface area contributed by atoms with E-state index in [1.165, 1.54) is 0 Å². The molecule has 1 saturated carbocycles. The molecule has 1 aliphatic rings. The third kappa shape index (κ3) is 6.82. The molecule has 3 amide bonds. The van der Waals surface area contributed by atoms with E-state index in [-0.39, 0.29) is 19.1 Å². The molecule has 0 unspecified atom stereocenters. The number of hydrogen-bond acceptors (Lipinski definition) is 5. The van der Waals surface area contributed by atoms with Crippen LogP contribution in [0.1, 0.15) is 24.8 Å². The van der Waals surface area contributed by atoms with Crippen LogP contribution < -0.4 is 15.4 Å². The topological polar surface area (TPSA) is 93.7 Å². The minimum Gasteiger partial charge on any atom is -0.493 e. The third-order valence-electron chi connectivity index (χ3n) is 3.13. The summed E-state index contributed by atoms with van der Waals surface area (Å²) < 4.78 is 10.2. The largest absolute Gasteiger partial charge is 0.493 e. The molecule has 2 rings (SSSR count). The second-order valence-electron chi connectivity index (χ2n) is 5.37. The smallest absolute Gasteiger partial charge is 0.321 e. The second kappa shape index (κ2) is 8.17. The quantitative estimate of drug-likeness (QED) is 0.739. The average Bonchev–Trinajstić information content (AvgIpc) is 3.31. The van der Waals surface area contributed by atoms with E-state index >= 15 is 0 Å². The normalized spacial score (nSPS) is 13.1. The molecule has 0 heterocycles. The number of nitrogens with one attached hydrogen (secondary N) is 2. The Balaban J connectivity index is 1.56. The van der Waals surface area contributed by atoms with Crippen molar-refractivity contribution in [3.63, 3.8) is 0 Å². The predicted molar refractivity (Wildman–Crippen MR) is 81.9 cm³/mol. The summed E-state index contributed by atoms with van der Waals surface area (Å²) in [7, 11) is 0. The van der Waals surface area contributed by atoms with Gasteiger partial charge in [-0.2, -0.15) is 0 Å². The van der Waals surface area contributed by atoms with Gasteiger partial charge in [0.05, 0.1) is 13.0 Å². The maximum atomic E-state index is 11.5. The lowest BCUT2D eigenvalue weighted by Crippen LogP contribution is -2.42. The van der Waals surface area contributed by atoms with Crippen molar-refractivity contribution in [1.82, 2.24) is 10.6 Å². The van der Waals surface area contributed by atoms with Gasteiger partial charge in [-0.1, -0.05) is 17.7 Å². The summed E-state index contributed by atoms with van der Waals surface area (Å²) in [6.07, 6.45) is 1.88. The Bertz CT molecular complexity index is 566. The van der Waals surface area contributed by atoms with Gasteiger partial charge in [-0.3, -0.25) is 14.9 Å². The number of rotatable bonds is 7. The molecular weight excluding hydrogens is 300 g/mol. The van der Waals surface area contributed by atoms with Gasteiger partial charge in [0.2, 0.25) is 0 Å². The van der Waals surface area contributed by atoms with E-state index in [0.29, 0.717) is 5.75 Å². The Morgan fingerprint density at radius 1 is 1.17 bits per heavy atom. The fraction of sp³-hybridized carbons (Fsp3) is 0.438. The minimum absolute atomic E-state index is 0.0232. The molecule has 0 bridgehead atoms. The summed E-state index contributed by atoms with van der Waals surface area (Å²) in [5, 5.41) is 4.69. The van der Waals surface area contributed by atoms with Gasteiger partial charge < -0.3 is 14.8 Å². The number of hydrogen-bond donors (Lipinski definition) is 2. The Labute approximate surface area is 134 Å². The van der Waals surface area contributed by atoms with Crippen molar-refractivity contribution in [2.45, 2.75) is 32.2 Å². The highest BCUT2D eigenvalue weighted by atomic mass is 16.5. The van der Waals surface area contributed by atoms with Crippen LogP contribution in [0.15, 0.2) is 24.3 Å². The molecule has 0 aliphatic heterocycles. The van der Waals surface area contributed by atoms with Crippen molar-refractivity contribution >= 4 is 17.9 Å². The van der Waals surface area contributed by atoms with Gasteiger partial charge in [-0.05, 0) is 31.9 Å². The van der Waals surface area contributed by atoms with Crippen LogP contribution in [0, 0.1) is 6.92 Å². The molecular formula is C16H20N2O5. The number of amides is 3. The zero-order valence-corrected chi connectivity index (χ0v) is 13.0. The van der Waals surface area contributed by atoms with Gasteiger partial charge in [0, 0.05) is 6.04 Å². The van der Waals surface area contributed by atoms with Crippen LogP contribution in [0.2, 0.25) is 0 Å². The number of carbonyl (C=O) groups excluding carboxylic acids is 3. The minimum atomic E-state index is -0.657. The number of urea groups is 1. The van der Waals surface area contributed by atoms with Crippen molar-refractivity contribution < 1.29 is 23.9 Å². The first kappa shape index (κ1) is 16.8. The van der Waals surface area contributed by atoms with Crippen LogP contribution in [-0.2, 0) is 14.3 Å². The maximum Gasteiger partial charge on any atom is 0.321 e. The number of imide groups is 1. The number of carbonyl (C=O) groups is 3. The van der Waals surface area contributed by atoms with E-state index < -0.39 is 24.5 Å². The monoisotopic (exact) mass is 320 g/mol. The fourth-order valence-electron chi connectivity index (χ4n) is 1.72. The van der Waals surface area contributed by atoms with Crippen molar-refractivity contribution in [2.24, 2.45) is 0 Å². The first-order valence-corrected chi connectivity index (χ1v) is 7.48. The van der Waals surface area contributed by atoms with E-state index in [0.717, 1.165) is 18.4 Å². The summed E-state index contributed by atoms with van der Waals surface area (Å²) in [6.45, 7) is 1.64. The average molecular weight is 320 g/mol. The molecule has 1 aliphatic carbocycles. The molecule has 1 aromatic carbocycles. The van der Waals surface area contributed by atoms with Crippen molar-refractivity contribution in [3.8, 4) is 5.75 Å². The molecule has 0 radical (unpaired) electrons. The summed E-state index contributed by atoms with van der Waals surface area (Å²) >= 11 is 0. The maximum absolute atomic E-state index is 11.5. The summed E-state index contributed by atoms with van der Waals surface area (Å²) in [5.74, 6) is -0.552. The molecule has 2 N–H and O–H groups in total. The lowest BCUT2D eigenvalue weighted by Gasteiger charge is -2.08. The van der Waals surface area contributed by atoms with Crippen LogP contribution >= 0.6 is 0 Å². The molecule has 124 valence electrons. The fourth-order valence-corrected chi connectivity index (χ4v) is 1.72. The standard InChI is InChI=1S/C16H20N2O5/c1-11-2-6-13(7-3-11)22-9-8-15(20)23-10-14(19)18-16(21)17-12-4-5-12/h2-3,6-7,12H,4-5,8-10H2,1H3,(H2,17,18,19,21). The Kier molecular flexibility index (Phi) is 5.96. The molecule has 7 heteroatoms. The summed E-state index contributed by atoms with van der Waals surface area (Å²) in [5.41, 5.74) is 1.12. The highest BCUT2D eigenvalue weighted by Crippen LogP contribution is 2.18. The zero-order chi connectivity index (χ0) is 16.7. The molecule has 7 nitrogen and oxygen atoms in total. The third-order valence-corrected chi connectivity index (χ3v) is 3.13. The van der Waals surface area contributed by atoms with E-state index in [1.807, 2.05) is 31.2 Å². The van der Waals surface area contributed by atoms with E-state index in [4.69, 9.17) is 9.47 Å². The van der Waals surface area contributed by atoms with Gasteiger partial charge in [0.15, 0.2) is 6.61 Å². The lowest BCUT2D eigenvalue weighted by atomic mass is 10.2. The van der Waals surface area contributed by atoms with E-state index in [2.05, 4.69) is 10.6 Å². The lowest BCUT2D eigenvalue weighted by molar-refractivity contribution is -0.148. The SMILES string of the molecule is Cc1ccc(OCCC(=O)OCC(=O)NC(=O)NC2CC2)cc1. The van der Waals surface area contributed by atoms with Crippen LogP contribution in [0.3, 0.4) is 0 Å².